The van der Waals surface area contributed by atoms with Gasteiger partial charge in [0.05, 0.1) is 4.90 Å². The Hall–Kier alpha value is -1.59. The Bertz CT molecular complexity index is 797. The van der Waals surface area contributed by atoms with Gasteiger partial charge in [-0.3, -0.25) is 4.79 Å². The number of Topliss-reactive ketones (excluding diaryl/α,β-unsaturated/α-hetero) is 1. The molecule has 0 heterocycles. The topological polar surface area (TPSA) is 51.2 Å². The number of hydrogen-bond donors (Lipinski definition) is 0. The molecule has 2 aromatic rings. The van der Waals surface area contributed by atoms with E-state index < -0.39 is 14.4 Å². The second kappa shape index (κ2) is 9.93. The molecule has 0 N–H and O–H groups in total. The van der Waals surface area contributed by atoms with Crippen LogP contribution in [0.2, 0.25) is 0 Å². The predicted octanol–water partition coefficient (Wildman–Crippen LogP) is 5.43. The molecule has 0 saturated carbocycles. The third kappa shape index (κ3) is 5.71. The maximum atomic E-state index is 13.1. The minimum Gasteiger partial charge on any atom is -0.297 e. The molecule has 2 rings (SSSR count). The lowest BCUT2D eigenvalue weighted by atomic mass is 10.1. The van der Waals surface area contributed by atoms with Crippen LogP contribution in [0, 0.1) is 6.92 Å². The number of aryl methyl sites for hydroxylation is 1. The molecule has 0 saturated heterocycles. The van der Waals surface area contributed by atoms with E-state index in [1.54, 1.807) is 24.3 Å². The van der Waals surface area contributed by atoms with E-state index in [1.165, 1.54) is 0 Å². The monoisotopic (exact) mass is 390 g/mol. The van der Waals surface area contributed by atoms with Gasteiger partial charge in [-0.05, 0) is 37.6 Å². The lowest BCUT2D eigenvalue weighted by molar-refractivity contribution is -0.117. The van der Waals surface area contributed by atoms with Crippen LogP contribution in [0.3, 0.4) is 0 Å². The summed E-state index contributed by atoms with van der Waals surface area (Å²) in [5.74, 6) is -0.212. The van der Waals surface area contributed by atoms with Crippen LogP contribution in [0.5, 0.6) is 0 Å². The average molecular weight is 391 g/mol. The molecule has 0 spiro atoms. The second-order valence-electron chi connectivity index (χ2n) is 6.40. The SMILES string of the molecule is CCCCCCC(=O)C(Sc1ccccc1)S(=O)(=O)c1ccc(C)cc1. The molecule has 0 aliphatic carbocycles. The summed E-state index contributed by atoms with van der Waals surface area (Å²) in [5.41, 5.74) is 0.988. The Morgan fingerprint density at radius 3 is 2.23 bits per heavy atom. The zero-order chi connectivity index (χ0) is 19.0. The predicted molar refractivity (Wildman–Crippen MR) is 108 cm³/mol. The van der Waals surface area contributed by atoms with Crippen LogP contribution in [-0.4, -0.2) is 18.8 Å². The van der Waals surface area contributed by atoms with E-state index in [4.69, 9.17) is 0 Å². The van der Waals surface area contributed by atoms with E-state index in [1.807, 2.05) is 37.3 Å². The fourth-order valence-electron chi connectivity index (χ4n) is 2.62. The third-order valence-electron chi connectivity index (χ3n) is 4.16. The molecule has 26 heavy (non-hydrogen) atoms. The highest BCUT2D eigenvalue weighted by atomic mass is 32.3. The molecule has 0 amide bonds. The zero-order valence-electron chi connectivity index (χ0n) is 15.4. The minimum absolute atomic E-state index is 0.207. The van der Waals surface area contributed by atoms with Gasteiger partial charge in [0.15, 0.2) is 20.2 Å². The van der Waals surface area contributed by atoms with Crippen molar-refractivity contribution in [1.82, 2.24) is 0 Å². The van der Waals surface area contributed by atoms with Gasteiger partial charge in [-0.2, -0.15) is 0 Å². The summed E-state index contributed by atoms with van der Waals surface area (Å²) >= 11 is 1.13. The van der Waals surface area contributed by atoms with Gasteiger partial charge >= 0.3 is 0 Å². The molecule has 1 atom stereocenters. The number of hydrogen-bond acceptors (Lipinski definition) is 4. The van der Waals surface area contributed by atoms with E-state index in [2.05, 4.69) is 6.92 Å². The number of unbranched alkanes of at least 4 members (excludes halogenated alkanes) is 3. The molecule has 3 nitrogen and oxygen atoms in total. The summed E-state index contributed by atoms with van der Waals surface area (Å²) < 4.78 is 25.2. The van der Waals surface area contributed by atoms with Crippen molar-refractivity contribution < 1.29 is 13.2 Å². The van der Waals surface area contributed by atoms with Crippen molar-refractivity contribution in [2.75, 3.05) is 0 Å². The van der Waals surface area contributed by atoms with Crippen molar-refractivity contribution in [2.24, 2.45) is 0 Å². The van der Waals surface area contributed by atoms with Crippen molar-refractivity contribution in [3.8, 4) is 0 Å². The van der Waals surface area contributed by atoms with Crippen LogP contribution >= 0.6 is 11.8 Å². The maximum Gasteiger partial charge on any atom is 0.198 e. The first-order valence-electron chi connectivity index (χ1n) is 9.00. The molecule has 0 aromatic heterocycles. The molecule has 5 heteroatoms. The normalized spacial score (nSPS) is 12.7. The smallest absolute Gasteiger partial charge is 0.198 e. The Morgan fingerprint density at radius 1 is 0.962 bits per heavy atom. The summed E-state index contributed by atoms with van der Waals surface area (Å²) in [5, 5.41) is 0. The fraction of sp³-hybridized carbons (Fsp3) is 0.381. The van der Waals surface area contributed by atoms with Crippen LogP contribution in [0.25, 0.3) is 0 Å². The van der Waals surface area contributed by atoms with Gasteiger partial charge in [0.25, 0.3) is 0 Å². The number of carbonyl (C=O) groups excluding carboxylic acids is 1. The summed E-state index contributed by atoms with van der Waals surface area (Å²) in [4.78, 5) is 13.8. The highest BCUT2D eigenvalue weighted by Crippen LogP contribution is 2.32. The van der Waals surface area contributed by atoms with Crippen molar-refractivity contribution in [3.05, 3.63) is 60.2 Å². The lowest BCUT2D eigenvalue weighted by Crippen LogP contribution is -2.27. The highest BCUT2D eigenvalue weighted by Gasteiger charge is 2.34. The van der Waals surface area contributed by atoms with Gasteiger partial charge < -0.3 is 0 Å². The number of sulfone groups is 1. The average Bonchev–Trinajstić information content (AvgIpc) is 2.64. The summed E-state index contributed by atoms with van der Waals surface area (Å²) in [7, 11) is -3.74. The Kier molecular flexibility index (Phi) is 7.91. The fourth-order valence-corrected chi connectivity index (χ4v) is 5.83. The second-order valence-corrected chi connectivity index (χ2v) is 9.91. The van der Waals surface area contributed by atoms with Gasteiger partial charge in [0.1, 0.15) is 0 Å². The molecule has 1 unspecified atom stereocenters. The summed E-state index contributed by atoms with van der Waals surface area (Å²) in [6.45, 7) is 4.02. The molecule has 0 aliphatic heterocycles. The van der Waals surface area contributed by atoms with Gasteiger partial charge in [-0.25, -0.2) is 8.42 Å². The van der Waals surface area contributed by atoms with Crippen molar-refractivity contribution in [2.45, 2.75) is 60.3 Å². The van der Waals surface area contributed by atoms with Crippen molar-refractivity contribution >= 4 is 27.4 Å². The Morgan fingerprint density at radius 2 is 1.62 bits per heavy atom. The maximum absolute atomic E-state index is 13.1. The first kappa shape index (κ1) is 20.7. The molecule has 0 fully saturated rings. The highest BCUT2D eigenvalue weighted by molar-refractivity contribution is 8.14. The molecular formula is C21H26O3S2. The quantitative estimate of drug-likeness (QED) is 0.401. The van der Waals surface area contributed by atoms with E-state index in [0.717, 1.165) is 47.9 Å². The standard InChI is InChI=1S/C21H26O3S2/c1-3-4-5-9-12-20(22)21(25-18-10-7-6-8-11-18)26(23,24)19-15-13-17(2)14-16-19/h6-8,10-11,13-16,21H,3-5,9,12H2,1-2H3. The summed E-state index contributed by atoms with van der Waals surface area (Å²) in [6.07, 6.45) is 4.14. The third-order valence-corrected chi connectivity index (χ3v) is 7.98. The van der Waals surface area contributed by atoms with Crippen LogP contribution < -0.4 is 0 Å². The first-order chi connectivity index (χ1) is 12.4. The van der Waals surface area contributed by atoms with E-state index in [-0.39, 0.29) is 10.7 Å². The van der Waals surface area contributed by atoms with Crippen LogP contribution in [-0.2, 0) is 14.6 Å². The van der Waals surface area contributed by atoms with Gasteiger partial charge in [-0.15, -0.1) is 0 Å². The molecule has 0 aliphatic rings. The molecule has 0 radical (unpaired) electrons. The first-order valence-corrected chi connectivity index (χ1v) is 11.4. The zero-order valence-corrected chi connectivity index (χ0v) is 17.0. The van der Waals surface area contributed by atoms with Gasteiger partial charge in [0, 0.05) is 11.3 Å². The Balaban J connectivity index is 2.26. The van der Waals surface area contributed by atoms with Crippen molar-refractivity contribution in [1.29, 1.82) is 0 Å². The van der Waals surface area contributed by atoms with Crippen LogP contribution in [0.1, 0.15) is 44.6 Å². The van der Waals surface area contributed by atoms with Gasteiger partial charge in [0.2, 0.25) is 0 Å². The lowest BCUT2D eigenvalue weighted by Gasteiger charge is -2.17. The number of thioether (sulfide) groups is 1. The van der Waals surface area contributed by atoms with Crippen LogP contribution in [0.4, 0.5) is 0 Å². The van der Waals surface area contributed by atoms with Crippen LogP contribution in [0.15, 0.2) is 64.4 Å². The molecule has 140 valence electrons. The molecular weight excluding hydrogens is 364 g/mol. The molecule has 2 aromatic carbocycles. The number of ketones is 1. The number of rotatable bonds is 10. The number of carbonyl (C=O) groups is 1. The largest absolute Gasteiger partial charge is 0.297 e. The minimum atomic E-state index is -3.74. The van der Waals surface area contributed by atoms with Gasteiger partial charge in [-0.1, -0.05) is 73.8 Å². The Labute approximate surface area is 161 Å². The van der Waals surface area contributed by atoms with E-state index in [0.29, 0.717) is 6.42 Å². The van der Waals surface area contributed by atoms with Crippen molar-refractivity contribution in [3.63, 3.8) is 0 Å². The molecule has 0 bridgehead atoms. The van der Waals surface area contributed by atoms with E-state index in [9.17, 15) is 13.2 Å². The van der Waals surface area contributed by atoms with E-state index >= 15 is 0 Å². The number of benzene rings is 2. The summed E-state index contributed by atoms with van der Waals surface area (Å²) in [6, 6.07) is 16.0.